The van der Waals surface area contributed by atoms with Crippen molar-refractivity contribution < 1.29 is 8.78 Å². The Balaban J connectivity index is 1.84. The summed E-state index contributed by atoms with van der Waals surface area (Å²) in [7, 11) is 0. The highest BCUT2D eigenvalue weighted by Crippen LogP contribution is 2.23. The van der Waals surface area contributed by atoms with Gasteiger partial charge in [0.15, 0.2) is 11.6 Å². The normalized spacial score (nSPS) is 10.5. The van der Waals surface area contributed by atoms with Crippen LogP contribution in [0.15, 0.2) is 53.0 Å². The van der Waals surface area contributed by atoms with Crippen molar-refractivity contribution in [2.24, 2.45) is 0 Å². The Morgan fingerprint density at radius 2 is 1.50 bits per heavy atom. The molecule has 4 nitrogen and oxygen atoms in total. The molecule has 0 aliphatic rings. The van der Waals surface area contributed by atoms with Crippen LogP contribution in [-0.4, -0.2) is 9.97 Å². The van der Waals surface area contributed by atoms with Gasteiger partial charge in [-0.15, -0.1) is 0 Å². The van der Waals surface area contributed by atoms with Gasteiger partial charge in [0.1, 0.15) is 17.5 Å². The Hall–Kier alpha value is -2.54. The molecule has 24 heavy (non-hydrogen) atoms. The molecule has 0 unspecified atom stereocenters. The summed E-state index contributed by atoms with van der Waals surface area (Å²) in [6, 6.07) is 12.9. The SMILES string of the molecule is Cc1nc(Nc2cccc(Br)c2)cc(Nc2ccc(F)c(F)c2)n1. The lowest BCUT2D eigenvalue weighted by molar-refractivity contribution is 0.509. The smallest absolute Gasteiger partial charge is 0.160 e. The predicted octanol–water partition coefficient (Wildman–Crippen LogP) is 5.31. The van der Waals surface area contributed by atoms with Crippen molar-refractivity contribution >= 4 is 38.9 Å². The average Bonchev–Trinajstić information content (AvgIpc) is 2.50. The fourth-order valence-electron chi connectivity index (χ4n) is 2.13. The van der Waals surface area contributed by atoms with Crippen LogP contribution in [0.1, 0.15) is 5.82 Å². The number of hydrogen-bond acceptors (Lipinski definition) is 4. The first-order valence-corrected chi connectivity index (χ1v) is 7.89. The van der Waals surface area contributed by atoms with Gasteiger partial charge in [0.2, 0.25) is 0 Å². The summed E-state index contributed by atoms with van der Waals surface area (Å²) < 4.78 is 27.2. The largest absolute Gasteiger partial charge is 0.340 e. The molecule has 0 bridgehead atoms. The summed E-state index contributed by atoms with van der Waals surface area (Å²) in [4.78, 5) is 8.57. The number of hydrogen-bond donors (Lipinski definition) is 2. The molecule has 0 saturated heterocycles. The molecule has 0 atom stereocenters. The van der Waals surface area contributed by atoms with E-state index in [4.69, 9.17) is 0 Å². The Morgan fingerprint density at radius 1 is 0.833 bits per heavy atom. The number of benzene rings is 2. The molecule has 1 heterocycles. The number of nitrogens with zero attached hydrogens (tertiary/aromatic N) is 2. The topological polar surface area (TPSA) is 49.8 Å². The second kappa shape index (κ2) is 6.92. The summed E-state index contributed by atoms with van der Waals surface area (Å²) in [5.41, 5.74) is 1.27. The van der Waals surface area contributed by atoms with E-state index >= 15 is 0 Å². The van der Waals surface area contributed by atoms with Crippen LogP contribution in [0.25, 0.3) is 0 Å². The van der Waals surface area contributed by atoms with Crippen molar-refractivity contribution in [1.82, 2.24) is 9.97 Å². The Bertz CT molecular complexity index is 886. The molecule has 0 radical (unpaired) electrons. The molecule has 0 saturated carbocycles. The quantitative estimate of drug-likeness (QED) is 0.633. The van der Waals surface area contributed by atoms with Gasteiger partial charge in [-0.2, -0.15) is 0 Å². The van der Waals surface area contributed by atoms with E-state index in [2.05, 4.69) is 36.5 Å². The van der Waals surface area contributed by atoms with Gasteiger partial charge in [0.25, 0.3) is 0 Å². The molecule has 7 heteroatoms. The molecular weight excluding hydrogens is 378 g/mol. The molecule has 0 aliphatic carbocycles. The van der Waals surface area contributed by atoms with Gasteiger partial charge in [0, 0.05) is 28.0 Å². The van der Waals surface area contributed by atoms with Crippen LogP contribution in [0.4, 0.5) is 31.8 Å². The van der Waals surface area contributed by atoms with Gasteiger partial charge >= 0.3 is 0 Å². The van der Waals surface area contributed by atoms with Gasteiger partial charge in [-0.25, -0.2) is 18.7 Å². The maximum Gasteiger partial charge on any atom is 0.160 e. The predicted molar refractivity (Wildman–Crippen MR) is 93.8 cm³/mol. The van der Waals surface area contributed by atoms with Crippen molar-refractivity contribution in [3.8, 4) is 0 Å². The van der Waals surface area contributed by atoms with Gasteiger partial charge in [-0.3, -0.25) is 0 Å². The molecule has 1 aromatic heterocycles. The number of aryl methyl sites for hydroxylation is 1. The van der Waals surface area contributed by atoms with Crippen LogP contribution in [0.2, 0.25) is 0 Å². The average molecular weight is 391 g/mol. The monoisotopic (exact) mass is 390 g/mol. The van der Waals surface area contributed by atoms with Crippen molar-refractivity contribution in [1.29, 1.82) is 0 Å². The van der Waals surface area contributed by atoms with Gasteiger partial charge in [-0.05, 0) is 37.3 Å². The Kier molecular flexibility index (Phi) is 4.71. The highest BCUT2D eigenvalue weighted by atomic mass is 79.9. The fourth-order valence-corrected chi connectivity index (χ4v) is 2.53. The number of anilines is 4. The molecule has 3 aromatic rings. The minimum Gasteiger partial charge on any atom is -0.340 e. The summed E-state index contributed by atoms with van der Waals surface area (Å²) in [5, 5.41) is 6.12. The maximum absolute atomic E-state index is 13.3. The van der Waals surface area contributed by atoms with Crippen LogP contribution in [0, 0.1) is 18.6 Å². The van der Waals surface area contributed by atoms with Gasteiger partial charge in [0.05, 0.1) is 0 Å². The van der Waals surface area contributed by atoms with E-state index in [1.807, 2.05) is 24.3 Å². The Morgan fingerprint density at radius 3 is 2.12 bits per heavy atom. The second-order valence-electron chi connectivity index (χ2n) is 5.07. The molecule has 3 rings (SSSR count). The number of halogens is 3. The van der Waals surface area contributed by atoms with Crippen molar-refractivity contribution in [3.05, 3.63) is 70.5 Å². The molecule has 2 aromatic carbocycles. The lowest BCUT2D eigenvalue weighted by Gasteiger charge is -2.10. The summed E-state index contributed by atoms with van der Waals surface area (Å²) in [6.07, 6.45) is 0. The minimum atomic E-state index is -0.918. The van der Waals surface area contributed by atoms with Crippen LogP contribution >= 0.6 is 15.9 Å². The van der Waals surface area contributed by atoms with Gasteiger partial charge in [-0.1, -0.05) is 22.0 Å². The van der Waals surface area contributed by atoms with Crippen LogP contribution in [0.5, 0.6) is 0 Å². The zero-order valence-electron chi connectivity index (χ0n) is 12.6. The van der Waals surface area contributed by atoms with E-state index in [9.17, 15) is 8.78 Å². The van der Waals surface area contributed by atoms with E-state index in [1.54, 1.807) is 13.0 Å². The minimum absolute atomic E-state index is 0.403. The summed E-state index contributed by atoms with van der Waals surface area (Å²) in [6.45, 7) is 1.75. The highest BCUT2D eigenvalue weighted by Gasteiger charge is 2.06. The number of rotatable bonds is 4. The third-order valence-electron chi connectivity index (χ3n) is 3.13. The zero-order chi connectivity index (χ0) is 17.1. The number of aromatic nitrogens is 2. The van der Waals surface area contributed by atoms with Crippen molar-refractivity contribution in [2.45, 2.75) is 6.92 Å². The van der Waals surface area contributed by atoms with E-state index in [-0.39, 0.29) is 0 Å². The van der Waals surface area contributed by atoms with Crippen molar-refractivity contribution in [3.63, 3.8) is 0 Å². The molecular formula is C17H13BrF2N4. The first kappa shape index (κ1) is 16.3. The van der Waals surface area contributed by atoms with E-state index in [0.29, 0.717) is 23.1 Å². The number of nitrogens with one attached hydrogen (secondary N) is 2. The zero-order valence-corrected chi connectivity index (χ0v) is 14.2. The lowest BCUT2D eigenvalue weighted by atomic mass is 10.3. The Labute approximate surface area is 146 Å². The molecule has 0 fully saturated rings. The third kappa shape index (κ3) is 4.05. The third-order valence-corrected chi connectivity index (χ3v) is 3.62. The first-order chi connectivity index (χ1) is 11.5. The van der Waals surface area contributed by atoms with Crippen LogP contribution < -0.4 is 10.6 Å². The van der Waals surface area contributed by atoms with E-state index < -0.39 is 11.6 Å². The molecule has 0 amide bonds. The van der Waals surface area contributed by atoms with E-state index in [0.717, 1.165) is 22.3 Å². The standard InChI is InChI=1S/C17H13BrF2N4/c1-10-21-16(23-12-4-2-3-11(18)7-12)9-17(22-10)24-13-5-6-14(19)15(20)8-13/h2-9H,1H3,(H2,21,22,23,24). The fraction of sp³-hybridized carbons (Fsp3) is 0.0588. The molecule has 2 N–H and O–H groups in total. The molecule has 0 spiro atoms. The lowest BCUT2D eigenvalue weighted by Crippen LogP contribution is -2.02. The highest BCUT2D eigenvalue weighted by molar-refractivity contribution is 9.10. The molecule has 0 aliphatic heterocycles. The second-order valence-corrected chi connectivity index (χ2v) is 5.99. The molecule has 122 valence electrons. The van der Waals surface area contributed by atoms with Crippen LogP contribution in [0.3, 0.4) is 0 Å². The van der Waals surface area contributed by atoms with E-state index in [1.165, 1.54) is 6.07 Å². The maximum atomic E-state index is 13.3. The van der Waals surface area contributed by atoms with Crippen molar-refractivity contribution in [2.75, 3.05) is 10.6 Å². The van der Waals surface area contributed by atoms with Crippen LogP contribution in [-0.2, 0) is 0 Å². The first-order valence-electron chi connectivity index (χ1n) is 7.10. The van der Waals surface area contributed by atoms with Gasteiger partial charge < -0.3 is 10.6 Å². The summed E-state index contributed by atoms with van der Waals surface area (Å²) >= 11 is 3.41. The summed E-state index contributed by atoms with van der Waals surface area (Å²) in [5.74, 6) is -0.202.